The lowest BCUT2D eigenvalue weighted by atomic mass is 10.1. The Morgan fingerprint density at radius 2 is 1.77 bits per heavy atom. The summed E-state index contributed by atoms with van der Waals surface area (Å²) < 4.78 is 16.1. The van der Waals surface area contributed by atoms with Crippen molar-refractivity contribution in [2.24, 2.45) is 5.92 Å². The van der Waals surface area contributed by atoms with Crippen molar-refractivity contribution in [1.29, 1.82) is 0 Å². The summed E-state index contributed by atoms with van der Waals surface area (Å²) in [6.45, 7) is 0. The highest BCUT2D eigenvalue weighted by Crippen LogP contribution is 2.34. The second-order valence-electron chi connectivity index (χ2n) is 9.59. The second-order valence-corrected chi connectivity index (χ2v) is 9.59. The third-order valence-electron chi connectivity index (χ3n) is 7.17. The van der Waals surface area contributed by atoms with E-state index in [-0.39, 0.29) is 34.1 Å². The fourth-order valence-corrected chi connectivity index (χ4v) is 5.20. The van der Waals surface area contributed by atoms with Crippen LogP contribution in [0.4, 0.5) is 10.1 Å². The van der Waals surface area contributed by atoms with E-state index in [1.165, 1.54) is 6.20 Å². The van der Waals surface area contributed by atoms with Crippen molar-refractivity contribution >= 4 is 33.8 Å². The van der Waals surface area contributed by atoms with E-state index in [2.05, 4.69) is 40.4 Å². The summed E-state index contributed by atoms with van der Waals surface area (Å²) in [6.07, 6.45) is 13.5. The Kier molecular flexibility index (Phi) is 5.54. The maximum Gasteiger partial charge on any atom is 0.227 e. The molecule has 3 N–H and O–H groups in total. The summed E-state index contributed by atoms with van der Waals surface area (Å²) in [6, 6.07) is 7.36. The zero-order chi connectivity index (χ0) is 26.3. The molecule has 1 saturated carbocycles. The average molecular weight is 520 g/mol. The maximum absolute atomic E-state index is 16.1. The summed E-state index contributed by atoms with van der Waals surface area (Å²) in [7, 11) is 0. The molecule has 1 aliphatic rings. The smallest absolute Gasteiger partial charge is 0.227 e. The minimum atomic E-state index is -0.521. The number of nitrogens with zero attached hydrogens (tertiary/aromatic N) is 6. The lowest BCUT2D eigenvalue weighted by Crippen LogP contribution is -2.20. The Morgan fingerprint density at radius 3 is 2.62 bits per heavy atom. The predicted molar refractivity (Wildman–Crippen MR) is 144 cm³/mol. The molecule has 0 aliphatic heterocycles. The highest BCUT2D eigenvalue weighted by molar-refractivity contribution is 5.97. The molecule has 1 aliphatic carbocycles. The van der Waals surface area contributed by atoms with Gasteiger partial charge in [0.25, 0.3) is 0 Å². The first-order valence-corrected chi connectivity index (χ1v) is 12.7. The van der Waals surface area contributed by atoms with Crippen LogP contribution in [0.3, 0.4) is 0 Å². The van der Waals surface area contributed by atoms with Gasteiger partial charge in [-0.2, -0.15) is 5.10 Å². The number of H-pyrrole nitrogens is 2. The minimum absolute atomic E-state index is 0.00858. The molecule has 6 aromatic heterocycles. The van der Waals surface area contributed by atoms with E-state index >= 15 is 4.39 Å². The number of pyridine rings is 4. The van der Waals surface area contributed by atoms with Crippen LogP contribution in [0.5, 0.6) is 0 Å². The Hall–Kier alpha value is -5.06. The molecule has 6 heterocycles. The summed E-state index contributed by atoms with van der Waals surface area (Å²) in [4.78, 5) is 37.6. The van der Waals surface area contributed by atoms with Crippen LogP contribution >= 0.6 is 0 Å². The third kappa shape index (κ3) is 4.08. The van der Waals surface area contributed by atoms with Gasteiger partial charge in [0.1, 0.15) is 17.0 Å². The highest BCUT2D eigenvalue weighted by atomic mass is 19.1. The highest BCUT2D eigenvalue weighted by Gasteiger charge is 2.24. The fourth-order valence-electron chi connectivity index (χ4n) is 5.20. The molecule has 6 aromatic rings. The molecule has 7 rings (SSSR count). The summed E-state index contributed by atoms with van der Waals surface area (Å²) in [5.41, 5.74) is 4.80. The normalized spacial score (nSPS) is 13.9. The van der Waals surface area contributed by atoms with E-state index in [9.17, 15) is 4.79 Å². The van der Waals surface area contributed by atoms with Crippen molar-refractivity contribution in [3.63, 3.8) is 0 Å². The topological polar surface area (TPSA) is 138 Å². The van der Waals surface area contributed by atoms with Gasteiger partial charge in [-0.1, -0.05) is 12.8 Å². The Labute approximate surface area is 221 Å². The van der Waals surface area contributed by atoms with E-state index in [1.54, 1.807) is 37.1 Å². The summed E-state index contributed by atoms with van der Waals surface area (Å²) >= 11 is 0. The number of nitrogens with one attached hydrogen (secondary N) is 3. The molecule has 11 heteroatoms. The molecular weight excluding hydrogens is 497 g/mol. The average Bonchev–Trinajstić information content (AvgIpc) is 3.73. The molecule has 0 bridgehead atoms. The summed E-state index contributed by atoms with van der Waals surface area (Å²) in [5.74, 6) is -0.178. The third-order valence-corrected chi connectivity index (χ3v) is 7.17. The van der Waals surface area contributed by atoms with Crippen LogP contribution in [0, 0.1) is 11.7 Å². The first kappa shape index (κ1) is 23.1. The number of halogens is 1. The van der Waals surface area contributed by atoms with Crippen molar-refractivity contribution in [3.8, 4) is 33.8 Å². The van der Waals surface area contributed by atoms with Gasteiger partial charge in [0.15, 0.2) is 17.1 Å². The number of carbonyl (C=O) groups is 1. The molecule has 192 valence electrons. The van der Waals surface area contributed by atoms with E-state index in [1.807, 2.05) is 18.2 Å². The van der Waals surface area contributed by atoms with E-state index in [0.717, 1.165) is 36.8 Å². The number of rotatable bonds is 5. The molecule has 1 amide bonds. The van der Waals surface area contributed by atoms with Gasteiger partial charge in [0, 0.05) is 53.6 Å². The molecule has 0 radical (unpaired) electrons. The van der Waals surface area contributed by atoms with E-state index < -0.39 is 5.82 Å². The molecule has 10 nitrogen and oxygen atoms in total. The first-order chi connectivity index (χ1) is 19.2. The number of hydrogen-bond acceptors (Lipinski definition) is 7. The number of carbonyl (C=O) groups excluding carboxylic acids is 1. The molecule has 0 atom stereocenters. The number of fused-ring (bicyclic) bond motifs is 2. The van der Waals surface area contributed by atoms with E-state index in [0.29, 0.717) is 28.2 Å². The molecular formula is C28H22FN9O. The largest absolute Gasteiger partial charge is 0.324 e. The SMILES string of the molecule is O=C(Nc1cncc(-c2cnc3[nH]nc(-c4nc5c(-c6ccncc6)ccnc5[nH]4)c3c2F)c1)C1CCCC1. The van der Waals surface area contributed by atoms with Gasteiger partial charge in [-0.25, -0.2) is 19.3 Å². The van der Waals surface area contributed by atoms with Crippen LogP contribution < -0.4 is 5.32 Å². The first-order valence-electron chi connectivity index (χ1n) is 12.7. The Morgan fingerprint density at radius 1 is 0.923 bits per heavy atom. The van der Waals surface area contributed by atoms with Crippen LogP contribution in [0.15, 0.2) is 61.4 Å². The second kappa shape index (κ2) is 9.35. The van der Waals surface area contributed by atoms with Crippen molar-refractivity contribution in [2.75, 3.05) is 5.32 Å². The lowest BCUT2D eigenvalue weighted by molar-refractivity contribution is -0.119. The predicted octanol–water partition coefficient (Wildman–Crippen LogP) is 5.29. The number of hydrogen-bond donors (Lipinski definition) is 3. The number of imidazole rings is 1. The van der Waals surface area contributed by atoms with Gasteiger partial charge in [0.05, 0.1) is 17.3 Å². The molecule has 0 aromatic carbocycles. The van der Waals surface area contributed by atoms with Crippen molar-refractivity contribution in [2.45, 2.75) is 25.7 Å². The minimum Gasteiger partial charge on any atom is -0.324 e. The van der Waals surface area contributed by atoms with Crippen LogP contribution in [0.25, 0.3) is 56.0 Å². The van der Waals surface area contributed by atoms with Crippen LogP contribution in [0.1, 0.15) is 25.7 Å². The standard InChI is InChI=1S/C28H22FN9O/c29-22-20(17-11-18(13-31-12-17)34-28(39)16-3-1-2-4-16)14-33-25-21(22)24(37-38-25)27-35-23-19(7-10-32-26(23)36-27)15-5-8-30-9-6-15/h5-14,16H,1-4H2,(H,34,39)(H,32,35,36)(H,33,37,38). The number of aromatic nitrogens is 8. The van der Waals surface area contributed by atoms with Crippen LogP contribution in [-0.4, -0.2) is 46.0 Å². The maximum atomic E-state index is 16.1. The van der Waals surface area contributed by atoms with Gasteiger partial charge in [-0.05, 0) is 42.7 Å². The van der Waals surface area contributed by atoms with Crippen molar-refractivity contribution in [1.82, 2.24) is 40.1 Å². The Balaban J connectivity index is 1.28. The van der Waals surface area contributed by atoms with Gasteiger partial charge in [-0.3, -0.25) is 19.9 Å². The zero-order valence-corrected chi connectivity index (χ0v) is 20.6. The monoisotopic (exact) mass is 519 g/mol. The number of aromatic amines is 2. The molecule has 1 fully saturated rings. The number of anilines is 1. The lowest BCUT2D eigenvalue weighted by Gasteiger charge is -2.11. The number of amides is 1. The zero-order valence-electron chi connectivity index (χ0n) is 20.6. The Bertz CT molecular complexity index is 1840. The molecule has 0 saturated heterocycles. The van der Waals surface area contributed by atoms with Gasteiger partial charge in [0.2, 0.25) is 5.91 Å². The van der Waals surface area contributed by atoms with Gasteiger partial charge < -0.3 is 10.3 Å². The van der Waals surface area contributed by atoms with Crippen molar-refractivity contribution < 1.29 is 9.18 Å². The molecule has 0 unspecified atom stereocenters. The quantitative estimate of drug-likeness (QED) is 0.281. The fraction of sp³-hybridized carbons (Fsp3) is 0.179. The van der Waals surface area contributed by atoms with Gasteiger partial charge >= 0.3 is 0 Å². The molecule has 0 spiro atoms. The molecule has 39 heavy (non-hydrogen) atoms. The van der Waals surface area contributed by atoms with Crippen molar-refractivity contribution in [3.05, 3.63) is 67.3 Å². The van der Waals surface area contributed by atoms with Crippen LogP contribution in [-0.2, 0) is 4.79 Å². The van der Waals surface area contributed by atoms with Gasteiger partial charge in [-0.15, -0.1) is 0 Å². The van der Waals surface area contributed by atoms with E-state index in [4.69, 9.17) is 4.98 Å². The van der Waals surface area contributed by atoms with Crippen LogP contribution in [0.2, 0.25) is 0 Å². The summed E-state index contributed by atoms with van der Waals surface area (Å²) in [5, 5.41) is 10.3.